The monoisotopic (exact) mass is 174 g/mol. The average Bonchev–Trinajstić information content (AvgIpc) is 1.85. The van der Waals surface area contributed by atoms with E-state index < -0.39 is 17.6 Å². The molecule has 0 aliphatic rings. The van der Waals surface area contributed by atoms with E-state index in [0.29, 0.717) is 0 Å². The molecule has 0 aromatic carbocycles. The first-order chi connectivity index (χ1) is 5.27. The van der Waals surface area contributed by atoms with E-state index >= 15 is 0 Å². The van der Waals surface area contributed by atoms with Crippen LogP contribution in [0.15, 0.2) is 0 Å². The number of rotatable bonds is 4. The number of primary amides is 1. The molecule has 0 saturated heterocycles. The Kier molecular flexibility index (Phi) is 3.67. The van der Waals surface area contributed by atoms with Crippen LogP contribution in [-0.2, 0) is 4.79 Å². The summed E-state index contributed by atoms with van der Waals surface area (Å²) in [5.41, 5.74) is 9.45. The van der Waals surface area contributed by atoms with Crippen LogP contribution in [0.25, 0.3) is 0 Å². The Balaban J connectivity index is 4.15. The molecule has 0 saturated carbocycles. The summed E-state index contributed by atoms with van der Waals surface area (Å²) in [5.74, 6) is -0.515. The normalized spacial score (nSPS) is 18.8. The van der Waals surface area contributed by atoms with E-state index in [0.717, 1.165) is 0 Å². The molecule has 0 aromatic heterocycles. The summed E-state index contributed by atoms with van der Waals surface area (Å²) < 4.78 is 0. The van der Waals surface area contributed by atoms with E-state index in [2.05, 4.69) is 0 Å². The van der Waals surface area contributed by atoms with Crippen molar-refractivity contribution in [3.63, 3.8) is 0 Å². The van der Waals surface area contributed by atoms with Gasteiger partial charge in [-0.25, -0.2) is 0 Å². The Morgan fingerprint density at radius 3 is 2.25 bits per heavy atom. The van der Waals surface area contributed by atoms with Crippen molar-refractivity contribution in [2.75, 3.05) is 0 Å². The lowest BCUT2D eigenvalue weighted by Crippen LogP contribution is -2.45. The quantitative estimate of drug-likeness (QED) is 0.541. The molecule has 0 radical (unpaired) electrons. The fourth-order valence-electron chi connectivity index (χ4n) is 0.782. The maximum Gasteiger partial charge on any atom is 0.234 e. The highest BCUT2D eigenvalue weighted by molar-refractivity contribution is 5.79. The lowest BCUT2D eigenvalue weighted by atomic mass is 9.86. The van der Waals surface area contributed by atoms with Crippen molar-refractivity contribution in [1.29, 1.82) is 0 Å². The first-order valence-corrected chi connectivity index (χ1v) is 4.04. The molecule has 0 fully saturated rings. The van der Waals surface area contributed by atoms with E-state index in [1.54, 1.807) is 6.92 Å². The molecule has 4 heteroatoms. The number of amides is 1. The summed E-state index contributed by atoms with van der Waals surface area (Å²) >= 11 is 0. The maximum atomic E-state index is 10.6. The highest BCUT2D eigenvalue weighted by Crippen LogP contribution is 2.21. The summed E-state index contributed by atoms with van der Waals surface area (Å²) in [6, 6.07) is -0.762. The number of nitrogens with two attached hydrogens (primary N) is 2. The van der Waals surface area contributed by atoms with Gasteiger partial charge in [0.15, 0.2) is 0 Å². The Bertz CT molecular complexity index is 166. The molecular formula is C8H18N2O2. The predicted molar refractivity (Wildman–Crippen MR) is 47.2 cm³/mol. The number of hydrogen-bond acceptors (Lipinski definition) is 3. The molecule has 2 atom stereocenters. The van der Waals surface area contributed by atoms with Gasteiger partial charge in [-0.2, -0.15) is 0 Å². The van der Waals surface area contributed by atoms with E-state index in [-0.39, 0.29) is 12.3 Å². The average molecular weight is 174 g/mol. The number of carbonyl (C=O) groups is 1. The molecule has 1 amide bonds. The Hall–Kier alpha value is -0.610. The summed E-state index contributed by atoms with van der Waals surface area (Å²) in [5, 5.41) is 9.72. The maximum absolute atomic E-state index is 10.6. The van der Waals surface area contributed by atoms with Crippen LogP contribution in [0.1, 0.15) is 27.2 Å². The molecule has 0 aliphatic carbocycles. The molecule has 0 spiro atoms. The molecule has 72 valence electrons. The van der Waals surface area contributed by atoms with Crippen molar-refractivity contribution in [2.45, 2.75) is 38.8 Å². The van der Waals surface area contributed by atoms with Crippen LogP contribution in [0.2, 0.25) is 0 Å². The lowest BCUT2D eigenvalue weighted by molar-refractivity contribution is -0.121. The van der Waals surface area contributed by atoms with Gasteiger partial charge in [0.1, 0.15) is 0 Å². The van der Waals surface area contributed by atoms with Crippen molar-refractivity contribution in [2.24, 2.45) is 17.4 Å². The van der Waals surface area contributed by atoms with Crippen LogP contribution in [0.4, 0.5) is 0 Å². The zero-order valence-electron chi connectivity index (χ0n) is 7.87. The second-order valence-corrected chi connectivity index (χ2v) is 3.72. The fourth-order valence-corrected chi connectivity index (χ4v) is 0.782. The van der Waals surface area contributed by atoms with E-state index in [4.69, 9.17) is 11.5 Å². The van der Waals surface area contributed by atoms with Crippen molar-refractivity contribution in [3.8, 4) is 0 Å². The molecule has 12 heavy (non-hydrogen) atoms. The molecule has 5 N–H and O–H groups in total. The highest BCUT2D eigenvalue weighted by Gasteiger charge is 2.29. The zero-order valence-corrected chi connectivity index (χ0v) is 7.87. The standard InChI is InChI=1S/C8H18N2O2/c1-5(2)8(3,12)4-6(9)7(10)11/h5-6,12H,4,9H2,1-3H3,(H2,10,11). The van der Waals surface area contributed by atoms with E-state index in [9.17, 15) is 9.90 Å². The largest absolute Gasteiger partial charge is 0.390 e. The van der Waals surface area contributed by atoms with Gasteiger partial charge in [-0.3, -0.25) is 4.79 Å². The van der Waals surface area contributed by atoms with Crippen molar-refractivity contribution in [1.82, 2.24) is 0 Å². The highest BCUT2D eigenvalue weighted by atomic mass is 16.3. The molecule has 0 heterocycles. The summed E-state index contributed by atoms with van der Waals surface area (Å²) in [6.45, 7) is 5.39. The van der Waals surface area contributed by atoms with Crippen LogP contribution < -0.4 is 11.5 Å². The van der Waals surface area contributed by atoms with Gasteiger partial charge >= 0.3 is 0 Å². The Morgan fingerprint density at radius 2 is 2.00 bits per heavy atom. The van der Waals surface area contributed by atoms with E-state index in [1.165, 1.54) is 0 Å². The van der Waals surface area contributed by atoms with Gasteiger partial charge in [0, 0.05) is 6.42 Å². The summed E-state index contributed by atoms with van der Waals surface area (Å²) in [6.07, 6.45) is 0.208. The smallest absolute Gasteiger partial charge is 0.234 e. The Labute approximate surface area is 72.9 Å². The topological polar surface area (TPSA) is 89.3 Å². The summed E-state index contributed by atoms with van der Waals surface area (Å²) in [7, 11) is 0. The third-order valence-electron chi connectivity index (χ3n) is 2.24. The first kappa shape index (κ1) is 11.4. The molecule has 0 aromatic rings. The van der Waals surface area contributed by atoms with Crippen molar-refractivity contribution < 1.29 is 9.90 Å². The number of hydrogen-bond donors (Lipinski definition) is 3. The predicted octanol–water partition coefficient (Wildman–Crippen LogP) is -0.404. The van der Waals surface area contributed by atoms with Crippen LogP contribution >= 0.6 is 0 Å². The van der Waals surface area contributed by atoms with Gasteiger partial charge in [0.2, 0.25) is 5.91 Å². The second kappa shape index (κ2) is 3.87. The molecular weight excluding hydrogens is 156 g/mol. The molecule has 0 rings (SSSR count). The van der Waals surface area contributed by atoms with E-state index in [1.807, 2.05) is 13.8 Å². The van der Waals surface area contributed by atoms with Crippen LogP contribution in [-0.4, -0.2) is 22.7 Å². The number of carbonyl (C=O) groups excluding carboxylic acids is 1. The molecule has 2 unspecified atom stereocenters. The lowest BCUT2D eigenvalue weighted by Gasteiger charge is -2.29. The minimum atomic E-state index is -0.922. The van der Waals surface area contributed by atoms with Gasteiger partial charge in [-0.15, -0.1) is 0 Å². The molecule has 4 nitrogen and oxygen atoms in total. The minimum Gasteiger partial charge on any atom is -0.390 e. The minimum absolute atomic E-state index is 0.0582. The SMILES string of the molecule is CC(C)C(C)(O)CC(N)C(N)=O. The first-order valence-electron chi connectivity index (χ1n) is 4.04. The van der Waals surface area contributed by atoms with Crippen LogP contribution in [0, 0.1) is 5.92 Å². The number of aliphatic hydroxyl groups is 1. The molecule has 0 bridgehead atoms. The van der Waals surface area contributed by atoms with Crippen molar-refractivity contribution in [3.05, 3.63) is 0 Å². The molecule has 0 aliphatic heterocycles. The van der Waals surface area contributed by atoms with Gasteiger partial charge in [0.05, 0.1) is 11.6 Å². The van der Waals surface area contributed by atoms with Crippen molar-refractivity contribution >= 4 is 5.91 Å². The van der Waals surface area contributed by atoms with Gasteiger partial charge < -0.3 is 16.6 Å². The van der Waals surface area contributed by atoms with Crippen LogP contribution in [0.3, 0.4) is 0 Å². The fraction of sp³-hybridized carbons (Fsp3) is 0.875. The third kappa shape index (κ3) is 3.19. The second-order valence-electron chi connectivity index (χ2n) is 3.72. The summed E-state index contributed by atoms with van der Waals surface area (Å²) in [4.78, 5) is 10.6. The van der Waals surface area contributed by atoms with Crippen LogP contribution in [0.5, 0.6) is 0 Å². The third-order valence-corrected chi connectivity index (χ3v) is 2.24. The van der Waals surface area contributed by atoms with Gasteiger partial charge in [-0.05, 0) is 12.8 Å². The zero-order chi connectivity index (χ0) is 9.94. The van der Waals surface area contributed by atoms with Gasteiger partial charge in [-0.1, -0.05) is 13.8 Å². The van der Waals surface area contributed by atoms with Gasteiger partial charge in [0.25, 0.3) is 0 Å². The Morgan fingerprint density at radius 1 is 1.58 bits per heavy atom.